The molecule has 0 unspecified atom stereocenters. The summed E-state index contributed by atoms with van der Waals surface area (Å²) in [6.45, 7) is 0.0373. The van der Waals surface area contributed by atoms with Crippen LogP contribution in [0.2, 0.25) is 0 Å². The molecule has 0 saturated carbocycles. The van der Waals surface area contributed by atoms with Gasteiger partial charge in [-0.3, -0.25) is 4.68 Å². The molecular formula is C10H11FN2O. The van der Waals surface area contributed by atoms with Gasteiger partial charge in [-0.1, -0.05) is 0 Å². The maximum Gasteiger partial charge on any atom is 0.123 e. The molecule has 3 N–H and O–H groups in total. The van der Waals surface area contributed by atoms with E-state index in [4.69, 9.17) is 10.9 Å². The highest BCUT2D eigenvalue weighted by Gasteiger charge is 2.07. The Hall–Kier alpha value is -1.55. The highest BCUT2D eigenvalue weighted by atomic mass is 19.1. The second kappa shape index (κ2) is 3.31. The summed E-state index contributed by atoms with van der Waals surface area (Å²) in [5, 5.41) is 9.58. The molecule has 74 valence electrons. The fourth-order valence-electron chi connectivity index (χ4n) is 1.62. The molecule has 0 fully saturated rings. The molecule has 3 nitrogen and oxygen atoms in total. The van der Waals surface area contributed by atoms with E-state index in [1.54, 1.807) is 12.3 Å². The molecule has 0 saturated heterocycles. The Bertz CT molecular complexity index is 464. The summed E-state index contributed by atoms with van der Waals surface area (Å²) in [4.78, 5) is 0. The van der Waals surface area contributed by atoms with Crippen molar-refractivity contribution in [2.24, 2.45) is 0 Å². The number of rotatable bonds is 2. The summed E-state index contributed by atoms with van der Waals surface area (Å²) >= 11 is 0. The number of fused-ring (bicyclic) bond motifs is 1. The van der Waals surface area contributed by atoms with Crippen LogP contribution in [0.3, 0.4) is 0 Å². The number of halogens is 1. The predicted octanol–water partition coefficient (Wildman–Crippen LogP) is 1.03. The van der Waals surface area contributed by atoms with Crippen LogP contribution in [0.4, 0.5) is 4.39 Å². The number of aliphatic hydroxyl groups is 1. The molecule has 0 aliphatic rings. The monoisotopic (exact) mass is 194 g/mol. The molecule has 0 bridgehead atoms. The van der Waals surface area contributed by atoms with Crippen molar-refractivity contribution in [1.29, 1.82) is 0 Å². The molecule has 0 atom stereocenters. The first kappa shape index (κ1) is 9.02. The first-order valence-corrected chi connectivity index (χ1v) is 4.38. The van der Waals surface area contributed by atoms with Gasteiger partial charge in [0.05, 0.1) is 5.52 Å². The van der Waals surface area contributed by atoms with Gasteiger partial charge in [0.2, 0.25) is 0 Å². The van der Waals surface area contributed by atoms with E-state index >= 15 is 0 Å². The van der Waals surface area contributed by atoms with Crippen LogP contribution in [0.25, 0.3) is 10.9 Å². The lowest BCUT2D eigenvalue weighted by Gasteiger charge is -1.95. The van der Waals surface area contributed by atoms with E-state index in [0.29, 0.717) is 6.42 Å². The molecule has 1 heterocycles. The van der Waals surface area contributed by atoms with Crippen molar-refractivity contribution in [2.75, 3.05) is 12.4 Å². The molecule has 2 rings (SSSR count). The summed E-state index contributed by atoms with van der Waals surface area (Å²) in [6, 6.07) is 4.43. The smallest absolute Gasteiger partial charge is 0.123 e. The zero-order valence-electron chi connectivity index (χ0n) is 7.57. The number of hydrogen-bond donors (Lipinski definition) is 2. The molecule has 0 aliphatic heterocycles. The maximum atomic E-state index is 13.0. The second-order valence-electron chi connectivity index (χ2n) is 3.20. The average Bonchev–Trinajstić information content (AvgIpc) is 2.44. The molecule has 4 heteroatoms. The Morgan fingerprint density at radius 2 is 2.21 bits per heavy atom. The summed E-state index contributed by atoms with van der Waals surface area (Å²) in [5.41, 5.74) is 1.64. The topological polar surface area (TPSA) is 51.2 Å². The summed E-state index contributed by atoms with van der Waals surface area (Å²) in [5.74, 6) is 5.38. The quantitative estimate of drug-likeness (QED) is 0.701. The maximum absolute atomic E-state index is 13.0. The third-order valence-corrected chi connectivity index (χ3v) is 2.26. The second-order valence-corrected chi connectivity index (χ2v) is 3.20. The van der Waals surface area contributed by atoms with E-state index in [1.165, 1.54) is 16.8 Å². The fourth-order valence-corrected chi connectivity index (χ4v) is 1.62. The highest BCUT2D eigenvalue weighted by Crippen LogP contribution is 2.21. The van der Waals surface area contributed by atoms with Gasteiger partial charge < -0.3 is 10.9 Å². The molecular weight excluding hydrogens is 183 g/mol. The highest BCUT2D eigenvalue weighted by molar-refractivity contribution is 5.84. The van der Waals surface area contributed by atoms with Gasteiger partial charge in [-0.15, -0.1) is 0 Å². The van der Waals surface area contributed by atoms with Crippen LogP contribution in [-0.2, 0) is 6.42 Å². The number of nitrogens with two attached hydrogens (primary N) is 1. The van der Waals surface area contributed by atoms with Gasteiger partial charge in [0.1, 0.15) is 5.82 Å². The molecule has 0 amide bonds. The Balaban J connectivity index is 2.66. The van der Waals surface area contributed by atoms with Crippen molar-refractivity contribution < 1.29 is 9.50 Å². The Labute approximate surface area is 80.5 Å². The van der Waals surface area contributed by atoms with Gasteiger partial charge in [-0.2, -0.15) is 0 Å². The zero-order valence-corrected chi connectivity index (χ0v) is 7.57. The molecule has 1 aromatic carbocycles. The molecule has 1 aromatic heterocycles. The van der Waals surface area contributed by atoms with Crippen molar-refractivity contribution in [2.45, 2.75) is 6.42 Å². The van der Waals surface area contributed by atoms with Gasteiger partial charge >= 0.3 is 0 Å². The molecule has 0 radical (unpaired) electrons. The van der Waals surface area contributed by atoms with Crippen LogP contribution in [0.15, 0.2) is 24.4 Å². The molecule has 14 heavy (non-hydrogen) atoms. The normalized spacial score (nSPS) is 11.0. The summed E-state index contributed by atoms with van der Waals surface area (Å²) in [6.07, 6.45) is 2.20. The lowest BCUT2D eigenvalue weighted by atomic mass is 10.1. The Morgan fingerprint density at radius 1 is 1.43 bits per heavy atom. The summed E-state index contributed by atoms with van der Waals surface area (Å²) < 4.78 is 14.4. The minimum Gasteiger partial charge on any atom is -0.396 e. The van der Waals surface area contributed by atoms with Gasteiger partial charge in [0.15, 0.2) is 0 Å². The number of nitrogens with zero attached hydrogens (tertiary/aromatic N) is 1. The fraction of sp³-hybridized carbons (Fsp3) is 0.200. The number of nitrogen functional groups attached to an aromatic ring is 1. The van der Waals surface area contributed by atoms with E-state index in [0.717, 1.165) is 16.5 Å². The van der Waals surface area contributed by atoms with Crippen LogP contribution < -0.4 is 5.84 Å². The average molecular weight is 194 g/mol. The van der Waals surface area contributed by atoms with Crippen LogP contribution >= 0.6 is 0 Å². The van der Waals surface area contributed by atoms with E-state index in [-0.39, 0.29) is 12.4 Å². The standard InChI is InChI=1S/C10H11FN2O/c11-8-1-2-10-9(5-8)7(3-4-14)6-13(10)12/h1-2,5-6,14H,3-4,12H2. The van der Waals surface area contributed by atoms with E-state index in [2.05, 4.69) is 0 Å². The minimum absolute atomic E-state index is 0.0373. The number of aromatic nitrogens is 1. The Morgan fingerprint density at radius 3 is 2.93 bits per heavy atom. The van der Waals surface area contributed by atoms with Gasteiger partial charge in [-0.05, 0) is 30.2 Å². The minimum atomic E-state index is -0.289. The first-order chi connectivity index (χ1) is 6.72. The molecule has 2 aromatic rings. The number of benzene rings is 1. The van der Waals surface area contributed by atoms with Crippen LogP contribution in [0.5, 0.6) is 0 Å². The van der Waals surface area contributed by atoms with Crippen molar-refractivity contribution in [3.63, 3.8) is 0 Å². The lowest BCUT2D eigenvalue weighted by Crippen LogP contribution is -2.05. The SMILES string of the molecule is Nn1cc(CCO)c2cc(F)ccc21. The number of hydrogen-bond acceptors (Lipinski definition) is 2. The van der Waals surface area contributed by atoms with Crippen LogP contribution in [0.1, 0.15) is 5.56 Å². The van der Waals surface area contributed by atoms with Crippen molar-refractivity contribution in [1.82, 2.24) is 4.68 Å². The summed E-state index contributed by atoms with van der Waals surface area (Å²) in [7, 11) is 0. The third-order valence-electron chi connectivity index (χ3n) is 2.26. The predicted molar refractivity (Wildman–Crippen MR) is 52.8 cm³/mol. The van der Waals surface area contributed by atoms with Crippen molar-refractivity contribution in [3.05, 3.63) is 35.8 Å². The van der Waals surface area contributed by atoms with Gasteiger partial charge in [0.25, 0.3) is 0 Å². The van der Waals surface area contributed by atoms with E-state index < -0.39 is 0 Å². The largest absolute Gasteiger partial charge is 0.396 e. The molecule has 0 aliphatic carbocycles. The van der Waals surface area contributed by atoms with Crippen molar-refractivity contribution >= 4 is 10.9 Å². The van der Waals surface area contributed by atoms with Gasteiger partial charge in [0, 0.05) is 18.2 Å². The number of aliphatic hydroxyl groups excluding tert-OH is 1. The zero-order chi connectivity index (χ0) is 10.1. The van der Waals surface area contributed by atoms with Crippen LogP contribution in [0, 0.1) is 5.82 Å². The van der Waals surface area contributed by atoms with E-state index in [9.17, 15) is 4.39 Å². The Kier molecular flexibility index (Phi) is 2.13. The van der Waals surface area contributed by atoms with E-state index in [1.807, 2.05) is 0 Å². The lowest BCUT2D eigenvalue weighted by molar-refractivity contribution is 0.300. The van der Waals surface area contributed by atoms with Gasteiger partial charge in [-0.25, -0.2) is 4.39 Å². The van der Waals surface area contributed by atoms with Crippen LogP contribution in [-0.4, -0.2) is 16.4 Å². The molecule has 0 spiro atoms. The van der Waals surface area contributed by atoms with Crippen molar-refractivity contribution in [3.8, 4) is 0 Å². The first-order valence-electron chi connectivity index (χ1n) is 4.38. The third kappa shape index (κ3) is 1.33.